The lowest BCUT2D eigenvalue weighted by Crippen LogP contribution is -2.21. The zero-order valence-electron chi connectivity index (χ0n) is 17.2. The number of anilines is 2. The van der Waals surface area contributed by atoms with Gasteiger partial charge >= 0.3 is 18.1 Å². The van der Waals surface area contributed by atoms with Crippen molar-refractivity contribution in [3.8, 4) is 0 Å². The van der Waals surface area contributed by atoms with Crippen LogP contribution in [0.3, 0.4) is 0 Å². The van der Waals surface area contributed by atoms with E-state index in [1.54, 1.807) is 36.4 Å². The van der Waals surface area contributed by atoms with E-state index < -0.39 is 18.1 Å². The highest BCUT2D eigenvalue weighted by atomic mass is 35.5. The predicted octanol–water partition coefficient (Wildman–Crippen LogP) is 5.16. The molecule has 0 fully saturated rings. The van der Waals surface area contributed by atoms with Gasteiger partial charge in [-0.05, 0) is 42.8 Å². The van der Waals surface area contributed by atoms with E-state index in [1.165, 1.54) is 6.07 Å². The van der Waals surface area contributed by atoms with Crippen LogP contribution >= 0.6 is 11.6 Å². The summed E-state index contributed by atoms with van der Waals surface area (Å²) in [5.41, 5.74) is 1.62. The van der Waals surface area contributed by atoms with Crippen LogP contribution in [-0.4, -0.2) is 47.8 Å². The van der Waals surface area contributed by atoms with E-state index in [0.29, 0.717) is 22.0 Å². The van der Waals surface area contributed by atoms with Gasteiger partial charge in [-0.15, -0.1) is 0 Å². The first-order valence-electron chi connectivity index (χ1n) is 9.32. The Labute approximate surface area is 187 Å². The van der Waals surface area contributed by atoms with E-state index in [4.69, 9.17) is 21.5 Å². The Hall–Kier alpha value is -3.27. The van der Waals surface area contributed by atoms with Crippen LogP contribution in [0.5, 0.6) is 0 Å². The lowest BCUT2D eigenvalue weighted by Gasteiger charge is -2.21. The van der Waals surface area contributed by atoms with Crippen molar-refractivity contribution in [3.05, 3.63) is 58.6 Å². The monoisotopic (exact) mass is 474 g/mol. The number of unbranched alkanes of at least 4 members (excludes halogenated alkanes) is 1. The first kappa shape index (κ1) is 26.8. The second kappa shape index (κ2) is 11.9. The molecule has 2 aromatic rings. The summed E-state index contributed by atoms with van der Waals surface area (Å²) in [6.45, 7) is 2.85. The molecule has 0 aliphatic rings. The molecule has 32 heavy (non-hydrogen) atoms. The van der Waals surface area contributed by atoms with Gasteiger partial charge < -0.3 is 20.4 Å². The molecule has 0 bridgehead atoms. The Kier molecular flexibility index (Phi) is 9.99. The van der Waals surface area contributed by atoms with Gasteiger partial charge in [0.1, 0.15) is 0 Å². The van der Waals surface area contributed by atoms with Gasteiger partial charge in [0, 0.05) is 29.9 Å². The number of carbonyl (C=O) groups is 3. The summed E-state index contributed by atoms with van der Waals surface area (Å²) < 4.78 is 31.7. The van der Waals surface area contributed by atoms with Crippen LogP contribution in [0.1, 0.15) is 40.5 Å². The molecule has 0 aliphatic carbocycles. The number of hydrogen-bond donors (Lipinski definition) is 3. The summed E-state index contributed by atoms with van der Waals surface area (Å²) >= 11 is 5.89. The fraction of sp³-hybridized carbons (Fsp3) is 0.286. The molecule has 0 spiro atoms. The first-order valence-corrected chi connectivity index (χ1v) is 9.70. The lowest BCUT2D eigenvalue weighted by atomic mass is 10.1. The number of halogens is 4. The number of carboxylic acid groups (broad SMARTS) is 2. The van der Waals surface area contributed by atoms with E-state index in [0.717, 1.165) is 19.4 Å². The molecule has 1 amide bonds. The van der Waals surface area contributed by atoms with Crippen molar-refractivity contribution in [2.45, 2.75) is 25.9 Å². The number of aromatic carboxylic acids is 1. The van der Waals surface area contributed by atoms with Crippen LogP contribution in [0.15, 0.2) is 42.5 Å². The Bertz CT molecular complexity index is 967. The number of carboxylic acids is 2. The third kappa shape index (κ3) is 8.46. The number of nitrogens with zero attached hydrogens (tertiary/aromatic N) is 1. The van der Waals surface area contributed by atoms with Crippen molar-refractivity contribution in [1.29, 1.82) is 0 Å². The molecular weight excluding hydrogens is 453 g/mol. The summed E-state index contributed by atoms with van der Waals surface area (Å²) in [6, 6.07) is 11.5. The fourth-order valence-electron chi connectivity index (χ4n) is 2.47. The molecule has 0 saturated carbocycles. The molecule has 11 heteroatoms. The van der Waals surface area contributed by atoms with Gasteiger partial charge in [0.25, 0.3) is 5.91 Å². The fourth-order valence-corrected chi connectivity index (χ4v) is 2.66. The maximum absolute atomic E-state index is 12.3. The van der Waals surface area contributed by atoms with E-state index in [9.17, 15) is 27.9 Å². The molecule has 0 aliphatic heterocycles. The maximum Gasteiger partial charge on any atom is 0.490 e. The minimum absolute atomic E-state index is 0.155. The highest BCUT2D eigenvalue weighted by molar-refractivity contribution is 6.31. The number of amides is 1. The molecule has 0 atom stereocenters. The Morgan fingerprint density at radius 2 is 1.72 bits per heavy atom. The second-order valence-electron chi connectivity index (χ2n) is 6.58. The number of aliphatic carboxylic acids is 1. The third-order valence-corrected chi connectivity index (χ3v) is 4.31. The van der Waals surface area contributed by atoms with Crippen LogP contribution in [0.4, 0.5) is 24.5 Å². The number of nitrogens with one attached hydrogen (secondary N) is 1. The van der Waals surface area contributed by atoms with E-state index in [-0.39, 0.29) is 11.5 Å². The standard InChI is InChI=1S/C19H21ClN2O3.C2HF3O2/c1-3-4-10-22(2)17-9-8-15(12-16(17)19(24)25)21-18(23)13-6-5-7-14(20)11-13;3-2(4,5)1(6)7/h5-9,11-12H,3-4,10H2,1-2H3,(H,21,23)(H,24,25);(H,6,7). The Balaban J connectivity index is 0.000000633. The summed E-state index contributed by atoms with van der Waals surface area (Å²) in [7, 11) is 1.86. The molecular formula is C21H22ClF3N2O5. The quantitative estimate of drug-likeness (QED) is 0.511. The molecule has 7 nitrogen and oxygen atoms in total. The maximum atomic E-state index is 12.3. The highest BCUT2D eigenvalue weighted by Crippen LogP contribution is 2.25. The summed E-state index contributed by atoms with van der Waals surface area (Å²) in [5.74, 6) is -4.13. The van der Waals surface area contributed by atoms with Gasteiger partial charge in [-0.2, -0.15) is 13.2 Å². The largest absolute Gasteiger partial charge is 0.490 e. The zero-order valence-corrected chi connectivity index (χ0v) is 18.0. The van der Waals surface area contributed by atoms with Crippen LogP contribution in [0.25, 0.3) is 0 Å². The van der Waals surface area contributed by atoms with E-state index in [2.05, 4.69) is 12.2 Å². The molecule has 174 valence electrons. The minimum Gasteiger partial charge on any atom is -0.478 e. The Morgan fingerprint density at radius 1 is 1.09 bits per heavy atom. The number of alkyl halides is 3. The lowest BCUT2D eigenvalue weighted by molar-refractivity contribution is -0.192. The van der Waals surface area contributed by atoms with Gasteiger partial charge in [0.05, 0.1) is 11.3 Å². The van der Waals surface area contributed by atoms with E-state index in [1.807, 2.05) is 11.9 Å². The zero-order chi connectivity index (χ0) is 24.5. The van der Waals surface area contributed by atoms with Crippen molar-refractivity contribution in [2.75, 3.05) is 23.8 Å². The van der Waals surface area contributed by atoms with Crippen molar-refractivity contribution in [1.82, 2.24) is 0 Å². The van der Waals surface area contributed by atoms with E-state index >= 15 is 0 Å². The SMILES string of the molecule is CCCCN(C)c1ccc(NC(=O)c2cccc(Cl)c2)cc1C(=O)O.O=C(O)C(F)(F)F. The van der Waals surface area contributed by atoms with Gasteiger partial charge in [0.2, 0.25) is 0 Å². The number of rotatable bonds is 7. The van der Waals surface area contributed by atoms with Crippen molar-refractivity contribution >= 4 is 40.8 Å². The molecule has 2 rings (SSSR count). The molecule has 3 N–H and O–H groups in total. The molecule has 0 heterocycles. The summed E-state index contributed by atoms with van der Waals surface area (Å²) in [5, 5.41) is 19.8. The van der Waals surface area contributed by atoms with Crippen molar-refractivity contribution in [3.63, 3.8) is 0 Å². The molecule has 0 radical (unpaired) electrons. The van der Waals surface area contributed by atoms with Crippen LogP contribution in [0, 0.1) is 0 Å². The van der Waals surface area contributed by atoms with Crippen LogP contribution < -0.4 is 10.2 Å². The number of carbonyl (C=O) groups excluding carboxylic acids is 1. The average molecular weight is 475 g/mol. The van der Waals surface area contributed by atoms with Gasteiger partial charge in [-0.1, -0.05) is 31.0 Å². The number of benzene rings is 2. The highest BCUT2D eigenvalue weighted by Gasteiger charge is 2.38. The van der Waals surface area contributed by atoms with Crippen molar-refractivity contribution < 1.29 is 37.8 Å². The van der Waals surface area contributed by atoms with Crippen LogP contribution in [0.2, 0.25) is 5.02 Å². The molecule has 0 saturated heterocycles. The van der Waals surface area contributed by atoms with Gasteiger partial charge in [0.15, 0.2) is 0 Å². The van der Waals surface area contributed by atoms with Gasteiger partial charge in [-0.25, -0.2) is 9.59 Å². The molecule has 2 aromatic carbocycles. The number of hydrogen-bond acceptors (Lipinski definition) is 4. The summed E-state index contributed by atoms with van der Waals surface area (Å²) in [4.78, 5) is 34.7. The normalized spacial score (nSPS) is 10.6. The minimum atomic E-state index is -5.08. The summed E-state index contributed by atoms with van der Waals surface area (Å²) in [6.07, 6.45) is -3.08. The topological polar surface area (TPSA) is 107 Å². The van der Waals surface area contributed by atoms with Gasteiger partial charge in [-0.3, -0.25) is 4.79 Å². The van der Waals surface area contributed by atoms with Crippen molar-refractivity contribution in [2.24, 2.45) is 0 Å². The first-order chi connectivity index (χ1) is 14.9. The average Bonchev–Trinajstić information content (AvgIpc) is 2.71. The molecule has 0 unspecified atom stereocenters. The second-order valence-corrected chi connectivity index (χ2v) is 7.02. The third-order valence-electron chi connectivity index (χ3n) is 4.07. The van der Waals surface area contributed by atoms with Crippen LogP contribution in [-0.2, 0) is 4.79 Å². The molecule has 0 aromatic heterocycles. The smallest absolute Gasteiger partial charge is 0.478 e. The Morgan fingerprint density at radius 3 is 2.22 bits per heavy atom. The predicted molar refractivity (Wildman–Crippen MR) is 115 cm³/mol.